The van der Waals surface area contributed by atoms with Crippen LogP contribution in [-0.2, 0) is 6.54 Å². The second kappa shape index (κ2) is 6.22. The second-order valence-electron chi connectivity index (χ2n) is 5.33. The van der Waals surface area contributed by atoms with Crippen LogP contribution >= 0.6 is 11.6 Å². The SMILES string of the molecule is COc1ccc(-c2ccc(N)c(=O)n2CC(C)C)cc1Cl. The fourth-order valence-corrected chi connectivity index (χ4v) is 2.48. The number of anilines is 1. The van der Waals surface area contributed by atoms with Crippen LogP contribution in [0.1, 0.15) is 13.8 Å². The van der Waals surface area contributed by atoms with E-state index in [2.05, 4.69) is 13.8 Å². The number of hydrogen-bond donors (Lipinski definition) is 1. The van der Waals surface area contributed by atoms with E-state index in [0.29, 0.717) is 23.2 Å². The summed E-state index contributed by atoms with van der Waals surface area (Å²) in [6, 6.07) is 8.94. The molecule has 21 heavy (non-hydrogen) atoms. The van der Waals surface area contributed by atoms with Gasteiger partial charge in [-0.25, -0.2) is 0 Å². The van der Waals surface area contributed by atoms with Gasteiger partial charge in [0.15, 0.2) is 0 Å². The van der Waals surface area contributed by atoms with Crippen molar-refractivity contribution in [2.75, 3.05) is 12.8 Å². The van der Waals surface area contributed by atoms with E-state index >= 15 is 0 Å². The second-order valence-corrected chi connectivity index (χ2v) is 5.74. The zero-order valence-corrected chi connectivity index (χ0v) is 13.1. The van der Waals surface area contributed by atoms with Crippen molar-refractivity contribution >= 4 is 17.3 Å². The number of halogens is 1. The minimum atomic E-state index is -0.173. The predicted molar refractivity (Wildman–Crippen MR) is 87.0 cm³/mol. The van der Waals surface area contributed by atoms with Crippen LogP contribution in [0.2, 0.25) is 5.02 Å². The van der Waals surface area contributed by atoms with Gasteiger partial charge in [-0.05, 0) is 41.8 Å². The third-order valence-electron chi connectivity index (χ3n) is 3.20. The Morgan fingerprint density at radius 3 is 2.57 bits per heavy atom. The van der Waals surface area contributed by atoms with E-state index in [4.69, 9.17) is 22.1 Å². The first kappa shape index (κ1) is 15.4. The van der Waals surface area contributed by atoms with E-state index < -0.39 is 0 Å². The van der Waals surface area contributed by atoms with Gasteiger partial charge < -0.3 is 15.0 Å². The Labute approximate surface area is 129 Å². The Bertz CT molecular complexity index is 708. The molecule has 0 radical (unpaired) electrons. The molecule has 0 spiro atoms. The molecule has 0 saturated carbocycles. The number of methoxy groups -OCH3 is 1. The van der Waals surface area contributed by atoms with Gasteiger partial charge in [-0.1, -0.05) is 25.4 Å². The van der Waals surface area contributed by atoms with Gasteiger partial charge in [-0.2, -0.15) is 0 Å². The zero-order valence-electron chi connectivity index (χ0n) is 12.4. The molecule has 0 saturated heterocycles. The number of hydrogen-bond acceptors (Lipinski definition) is 3. The van der Waals surface area contributed by atoms with Gasteiger partial charge in [0.2, 0.25) is 0 Å². The van der Waals surface area contributed by atoms with Crippen molar-refractivity contribution in [2.24, 2.45) is 5.92 Å². The smallest absolute Gasteiger partial charge is 0.274 e. The number of nitrogen functional groups attached to an aromatic ring is 1. The van der Waals surface area contributed by atoms with Crippen molar-refractivity contribution in [2.45, 2.75) is 20.4 Å². The molecule has 1 aromatic carbocycles. The molecular formula is C16H19ClN2O2. The monoisotopic (exact) mass is 306 g/mol. The van der Waals surface area contributed by atoms with Crippen molar-refractivity contribution in [3.63, 3.8) is 0 Å². The van der Waals surface area contributed by atoms with Gasteiger partial charge >= 0.3 is 0 Å². The highest BCUT2D eigenvalue weighted by molar-refractivity contribution is 6.32. The molecule has 2 aromatic rings. The Morgan fingerprint density at radius 2 is 2.00 bits per heavy atom. The molecule has 5 heteroatoms. The Kier molecular flexibility index (Phi) is 4.58. The van der Waals surface area contributed by atoms with Crippen LogP contribution in [0.4, 0.5) is 5.69 Å². The van der Waals surface area contributed by atoms with Gasteiger partial charge in [0.25, 0.3) is 5.56 Å². The topological polar surface area (TPSA) is 57.2 Å². The minimum Gasteiger partial charge on any atom is -0.495 e. The number of nitrogens with zero attached hydrogens (tertiary/aromatic N) is 1. The Balaban J connectivity index is 2.60. The number of rotatable bonds is 4. The highest BCUT2D eigenvalue weighted by atomic mass is 35.5. The van der Waals surface area contributed by atoms with E-state index in [0.717, 1.165) is 11.3 Å². The number of nitrogens with two attached hydrogens (primary N) is 1. The van der Waals surface area contributed by atoms with Gasteiger partial charge in [-0.3, -0.25) is 4.79 Å². The third kappa shape index (κ3) is 3.22. The molecule has 1 heterocycles. The van der Waals surface area contributed by atoms with Gasteiger partial charge in [0, 0.05) is 6.54 Å². The highest BCUT2D eigenvalue weighted by Gasteiger charge is 2.12. The van der Waals surface area contributed by atoms with Crippen molar-refractivity contribution in [3.8, 4) is 17.0 Å². The van der Waals surface area contributed by atoms with Crippen molar-refractivity contribution in [1.82, 2.24) is 4.57 Å². The normalized spacial score (nSPS) is 10.9. The maximum absolute atomic E-state index is 12.3. The molecule has 0 amide bonds. The average Bonchev–Trinajstić information content (AvgIpc) is 2.43. The number of aromatic nitrogens is 1. The first-order valence-electron chi connectivity index (χ1n) is 6.77. The molecule has 4 nitrogen and oxygen atoms in total. The van der Waals surface area contributed by atoms with Crippen molar-refractivity contribution < 1.29 is 4.74 Å². The lowest BCUT2D eigenvalue weighted by Crippen LogP contribution is -2.26. The summed E-state index contributed by atoms with van der Waals surface area (Å²) in [5, 5.41) is 0.510. The van der Waals surface area contributed by atoms with E-state index in [9.17, 15) is 4.79 Å². The molecule has 0 aliphatic heterocycles. The molecule has 112 valence electrons. The van der Waals surface area contributed by atoms with Crippen LogP contribution in [-0.4, -0.2) is 11.7 Å². The van der Waals surface area contributed by atoms with Gasteiger partial charge in [-0.15, -0.1) is 0 Å². The summed E-state index contributed by atoms with van der Waals surface area (Å²) < 4.78 is 6.85. The van der Waals surface area contributed by atoms with Crippen LogP contribution < -0.4 is 16.0 Å². The lowest BCUT2D eigenvalue weighted by atomic mass is 10.1. The molecule has 0 atom stereocenters. The summed E-state index contributed by atoms with van der Waals surface area (Å²) in [7, 11) is 1.57. The largest absolute Gasteiger partial charge is 0.495 e. The summed E-state index contributed by atoms with van der Waals surface area (Å²) in [5.41, 5.74) is 7.47. The highest BCUT2D eigenvalue weighted by Crippen LogP contribution is 2.30. The van der Waals surface area contributed by atoms with E-state index in [1.165, 1.54) is 0 Å². The summed E-state index contributed by atoms with van der Waals surface area (Å²) in [5.74, 6) is 0.936. The van der Waals surface area contributed by atoms with Gasteiger partial charge in [0.1, 0.15) is 5.75 Å². The lowest BCUT2D eigenvalue weighted by molar-refractivity contribution is 0.415. The predicted octanol–water partition coefficient (Wildman–Crippen LogP) is 3.42. The molecule has 0 aliphatic carbocycles. The summed E-state index contributed by atoms with van der Waals surface area (Å²) in [6.45, 7) is 4.71. The minimum absolute atomic E-state index is 0.173. The first-order chi connectivity index (χ1) is 9.93. The standard InChI is InChI=1S/C16H19ClN2O2/c1-10(2)9-19-14(6-5-13(18)16(19)20)11-4-7-15(21-3)12(17)8-11/h4-8,10H,9,18H2,1-3H3. The fraction of sp³-hybridized carbons (Fsp3) is 0.312. The lowest BCUT2D eigenvalue weighted by Gasteiger charge is -2.16. The van der Waals surface area contributed by atoms with Gasteiger partial charge in [0.05, 0.1) is 23.5 Å². The summed E-state index contributed by atoms with van der Waals surface area (Å²) in [6.07, 6.45) is 0. The number of pyridine rings is 1. The molecule has 0 bridgehead atoms. The number of ether oxygens (including phenoxy) is 1. The quantitative estimate of drug-likeness (QED) is 0.941. The van der Waals surface area contributed by atoms with E-state index in [1.807, 2.05) is 12.1 Å². The average molecular weight is 307 g/mol. The first-order valence-corrected chi connectivity index (χ1v) is 7.15. The maximum atomic E-state index is 12.3. The fourth-order valence-electron chi connectivity index (χ4n) is 2.22. The van der Waals surface area contributed by atoms with Crippen molar-refractivity contribution in [3.05, 3.63) is 45.7 Å². The molecule has 2 N–H and O–H groups in total. The number of benzene rings is 1. The molecule has 2 rings (SSSR count). The Hall–Kier alpha value is -1.94. The van der Waals surface area contributed by atoms with Crippen LogP contribution in [0, 0.1) is 5.92 Å². The molecular weight excluding hydrogens is 288 g/mol. The molecule has 0 fully saturated rings. The third-order valence-corrected chi connectivity index (χ3v) is 3.49. The Morgan fingerprint density at radius 1 is 1.29 bits per heavy atom. The summed E-state index contributed by atoms with van der Waals surface area (Å²) >= 11 is 6.17. The summed E-state index contributed by atoms with van der Waals surface area (Å²) in [4.78, 5) is 12.3. The molecule has 0 unspecified atom stereocenters. The van der Waals surface area contributed by atoms with E-state index in [1.54, 1.807) is 29.9 Å². The van der Waals surface area contributed by atoms with E-state index in [-0.39, 0.29) is 11.2 Å². The molecule has 1 aromatic heterocycles. The molecule has 0 aliphatic rings. The van der Waals surface area contributed by atoms with Crippen molar-refractivity contribution in [1.29, 1.82) is 0 Å². The van der Waals surface area contributed by atoms with Crippen LogP contribution in [0.15, 0.2) is 35.1 Å². The van der Waals surface area contributed by atoms with Crippen LogP contribution in [0.3, 0.4) is 0 Å². The maximum Gasteiger partial charge on any atom is 0.274 e. The van der Waals surface area contributed by atoms with Crippen LogP contribution in [0.5, 0.6) is 5.75 Å². The van der Waals surface area contributed by atoms with Crippen LogP contribution in [0.25, 0.3) is 11.3 Å². The zero-order chi connectivity index (χ0) is 15.6.